The summed E-state index contributed by atoms with van der Waals surface area (Å²) in [5.74, 6) is 2.05. The SMILES string of the molecule is CCn1c(SCC(=O)Nc2cc(C3CC3)nn2-c2ccccc2)nnc1-c1ccc(Cl)cc1. The molecule has 5 rings (SSSR count). The highest BCUT2D eigenvalue weighted by Crippen LogP contribution is 2.40. The van der Waals surface area contributed by atoms with Gasteiger partial charge in [-0.05, 0) is 56.2 Å². The second-order valence-corrected chi connectivity index (χ2v) is 9.25. The van der Waals surface area contributed by atoms with Gasteiger partial charge in [0.25, 0.3) is 0 Å². The van der Waals surface area contributed by atoms with E-state index in [1.807, 2.05) is 76.8 Å². The molecule has 1 fully saturated rings. The number of benzene rings is 2. The normalized spacial score (nSPS) is 13.3. The van der Waals surface area contributed by atoms with Crippen LogP contribution in [0.1, 0.15) is 31.4 Å². The minimum atomic E-state index is -0.113. The minimum Gasteiger partial charge on any atom is -0.310 e. The zero-order valence-electron chi connectivity index (χ0n) is 18.1. The van der Waals surface area contributed by atoms with E-state index >= 15 is 0 Å². The maximum atomic E-state index is 12.8. The van der Waals surface area contributed by atoms with Gasteiger partial charge in [-0.25, -0.2) is 4.68 Å². The molecule has 0 saturated heterocycles. The lowest BCUT2D eigenvalue weighted by atomic mass is 10.2. The van der Waals surface area contributed by atoms with E-state index in [1.165, 1.54) is 11.8 Å². The van der Waals surface area contributed by atoms with Gasteiger partial charge in [0, 0.05) is 29.1 Å². The van der Waals surface area contributed by atoms with Gasteiger partial charge in [-0.15, -0.1) is 10.2 Å². The van der Waals surface area contributed by atoms with Crippen molar-refractivity contribution in [2.75, 3.05) is 11.1 Å². The molecule has 1 N–H and O–H groups in total. The number of aromatic nitrogens is 5. The smallest absolute Gasteiger partial charge is 0.236 e. The molecule has 0 bridgehead atoms. The van der Waals surface area contributed by atoms with Crippen molar-refractivity contribution in [3.8, 4) is 17.1 Å². The number of nitrogens with one attached hydrogen (secondary N) is 1. The van der Waals surface area contributed by atoms with Crippen molar-refractivity contribution in [1.82, 2.24) is 24.5 Å². The van der Waals surface area contributed by atoms with Crippen molar-refractivity contribution in [2.24, 2.45) is 0 Å². The lowest BCUT2D eigenvalue weighted by molar-refractivity contribution is -0.113. The average Bonchev–Trinajstić information content (AvgIpc) is 3.48. The predicted molar refractivity (Wildman–Crippen MR) is 131 cm³/mol. The van der Waals surface area contributed by atoms with Gasteiger partial charge >= 0.3 is 0 Å². The molecule has 1 aliphatic carbocycles. The summed E-state index contributed by atoms with van der Waals surface area (Å²) in [7, 11) is 0. The van der Waals surface area contributed by atoms with Crippen LogP contribution in [0.5, 0.6) is 0 Å². The lowest BCUT2D eigenvalue weighted by Gasteiger charge is -2.09. The lowest BCUT2D eigenvalue weighted by Crippen LogP contribution is -2.17. The van der Waals surface area contributed by atoms with Gasteiger partial charge in [0.1, 0.15) is 5.82 Å². The Bertz CT molecular complexity index is 1260. The second-order valence-electron chi connectivity index (χ2n) is 7.87. The highest BCUT2D eigenvalue weighted by molar-refractivity contribution is 7.99. The van der Waals surface area contributed by atoms with Gasteiger partial charge in [0.15, 0.2) is 11.0 Å². The summed E-state index contributed by atoms with van der Waals surface area (Å²) in [4.78, 5) is 12.8. The Morgan fingerprint density at radius 2 is 1.88 bits per heavy atom. The third-order valence-corrected chi connectivity index (χ3v) is 6.68. The quantitative estimate of drug-likeness (QED) is 0.342. The summed E-state index contributed by atoms with van der Waals surface area (Å²) in [6, 6.07) is 19.3. The first-order valence-corrected chi connectivity index (χ1v) is 12.3. The van der Waals surface area contributed by atoms with Crippen molar-refractivity contribution >= 4 is 35.1 Å². The molecule has 0 radical (unpaired) electrons. The van der Waals surface area contributed by atoms with Gasteiger partial charge in [-0.1, -0.05) is 41.6 Å². The Labute approximate surface area is 201 Å². The Morgan fingerprint density at radius 1 is 1.12 bits per heavy atom. The second kappa shape index (κ2) is 9.41. The minimum absolute atomic E-state index is 0.113. The third kappa shape index (κ3) is 4.82. The van der Waals surface area contributed by atoms with Gasteiger partial charge < -0.3 is 9.88 Å². The molecule has 2 aromatic heterocycles. The molecule has 33 heavy (non-hydrogen) atoms. The average molecular weight is 479 g/mol. The molecule has 0 atom stereocenters. The third-order valence-electron chi connectivity index (χ3n) is 5.46. The van der Waals surface area contributed by atoms with Crippen molar-refractivity contribution in [3.63, 3.8) is 0 Å². The molecule has 2 aromatic carbocycles. The fraction of sp³-hybridized carbons (Fsp3) is 0.250. The summed E-state index contributed by atoms with van der Waals surface area (Å²) in [5, 5.41) is 17.8. The molecule has 1 saturated carbocycles. The predicted octanol–water partition coefficient (Wildman–Crippen LogP) is 5.41. The van der Waals surface area contributed by atoms with Gasteiger partial charge in [0.05, 0.1) is 17.1 Å². The Kier molecular flexibility index (Phi) is 6.20. The van der Waals surface area contributed by atoms with E-state index < -0.39 is 0 Å². The van der Waals surface area contributed by atoms with Crippen LogP contribution in [0.15, 0.2) is 65.8 Å². The van der Waals surface area contributed by atoms with E-state index in [-0.39, 0.29) is 11.7 Å². The first-order valence-electron chi connectivity index (χ1n) is 10.9. The number of rotatable bonds is 8. The molecule has 168 valence electrons. The van der Waals surface area contributed by atoms with E-state index in [1.54, 1.807) is 0 Å². The van der Waals surface area contributed by atoms with E-state index in [2.05, 4.69) is 15.5 Å². The van der Waals surface area contributed by atoms with Crippen LogP contribution in [0.25, 0.3) is 17.1 Å². The summed E-state index contributed by atoms with van der Waals surface area (Å²) in [6.07, 6.45) is 2.30. The number of carbonyl (C=O) groups is 1. The number of nitrogens with zero attached hydrogens (tertiary/aromatic N) is 5. The molecule has 1 aliphatic rings. The number of amides is 1. The number of halogens is 1. The topological polar surface area (TPSA) is 77.6 Å². The molecule has 9 heteroatoms. The van der Waals surface area contributed by atoms with Crippen LogP contribution >= 0.6 is 23.4 Å². The first-order chi connectivity index (χ1) is 16.1. The zero-order valence-corrected chi connectivity index (χ0v) is 19.7. The van der Waals surface area contributed by atoms with Crippen molar-refractivity contribution < 1.29 is 4.79 Å². The molecule has 0 unspecified atom stereocenters. The van der Waals surface area contributed by atoms with E-state index in [9.17, 15) is 4.79 Å². The van der Waals surface area contributed by atoms with Crippen molar-refractivity contribution in [3.05, 3.63) is 71.4 Å². The number of carbonyl (C=O) groups excluding carboxylic acids is 1. The number of hydrogen-bond donors (Lipinski definition) is 1. The highest BCUT2D eigenvalue weighted by atomic mass is 35.5. The van der Waals surface area contributed by atoms with E-state index in [0.29, 0.717) is 28.5 Å². The molecule has 2 heterocycles. The fourth-order valence-electron chi connectivity index (χ4n) is 3.64. The summed E-state index contributed by atoms with van der Waals surface area (Å²) in [6.45, 7) is 2.73. The molecular formula is C24H23ClN6OS. The molecule has 1 amide bonds. The number of anilines is 1. The summed E-state index contributed by atoms with van der Waals surface area (Å²) >= 11 is 7.37. The van der Waals surface area contributed by atoms with Crippen LogP contribution in [0.3, 0.4) is 0 Å². The molecule has 0 spiro atoms. The van der Waals surface area contributed by atoms with Crippen LogP contribution < -0.4 is 5.32 Å². The summed E-state index contributed by atoms with van der Waals surface area (Å²) < 4.78 is 3.81. The number of para-hydroxylation sites is 1. The van der Waals surface area contributed by atoms with Crippen LogP contribution in [-0.4, -0.2) is 36.2 Å². The Hall–Kier alpha value is -3.10. The maximum Gasteiger partial charge on any atom is 0.236 e. The van der Waals surface area contributed by atoms with Gasteiger partial charge in [-0.2, -0.15) is 5.10 Å². The standard InChI is InChI=1S/C24H23ClN6OS/c1-2-30-23(17-10-12-18(25)13-11-17)27-28-24(30)33-15-22(32)26-21-14-20(16-8-9-16)29-31(21)19-6-4-3-5-7-19/h3-7,10-14,16H,2,8-9,15H2,1H3,(H,26,32). The van der Waals surface area contributed by atoms with Crippen molar-refractivity contribution in [2.45, 2.75) is 37.4 Å². The largest absolute Gasteiger partial charge is 0.310 e. The molecule has 4 aromatic rings. The monoisotopic (exact) mass is 478 g/mol. The molecular weight excluding hydrogens is 456 g/mol. The Morgan fingerprint density at radius 3 is 2.58 bits per heavy atom. The molecule has 0 aliphatic heterocycles. The maximum absolute atomic E-state index is 12.8. The first kappa shape index (κ1) is 21.7. The fourth-order valence-corrected chi connectivity index (χ4v) is 4.56. The summed E-state index contributed by atoms with van der Waals surface area (Å²) in [5.41, 5.74) is 2.88. The van der Waals surface area contributed by atoms with Gasteiger partial charge in [-0.3, -0.25) is 4.79 Å². The van der Waals surface area contributed by atoms with Crippen LogP contribution in [0, 0.1) is 0 Å². The number of hydrogen-bond acceptors (Lipinski definition) is 5. The van der Waals surface area contributed by atoms with Crippen LogP contribution in [-0.2, 0) is 11.3 Å². The van der Waals surface area contributed by atoms with Crippen LogP contribution in [0.2, 0.25) is 5.02 Å². The van der Waals surface area contributed by atoms with Crippen molar-refractivity contribution in [1.29, 1.82) is 0 Å². The van der Waals surface area contributed by atoms with Gasteiger partial charge in [0.2, 0.25) is 5.91 Å². The zero-order chi connectivity index (χ0) is 22.8. The number of thioether (sulfide) groups is 1. The Balaban J connectivity index is 1.30. The molecule has 7 nitrogen and oxygen atoms in total. The van der Waals surface area contributed by atoms with E-state index in [0.717, 1.165) is 35.6 Å². The van der Waals surface area contributed by atoms with E-state index in [4.69, 9.17) is 16.7 Å². The highest BCUT2D eigenvalue weighted by Gasteiger charge is 2.28. The van der Waals surface area contributed by atoms with Crippen LogP contribution in [0.4, 0.5) is 5.82 Å².